The zero-order chi connectivity index (χ0) is 11.1. The molecule has 86 valence electrons. The standard InChI is InChI=1S/C10H15NO3S.Na.H/c12-15(13,14)9-5-4-8-11-10-6-2-1-3-7-10;;/h1-3,6-7,11H,4-5,8-9H2,(H,12,13,14);;/q;+1;-1. The number of nitrogens with one attached hydrogen (secondary N) is 1. The first-order valence-corrected chi connectivity index (χ1v) is 6.43. The van der Waals surface area contributed by atoms with Gasteiger partial charge in [-0.15, -0.1) is 0 Å². The van der Waals surface area contributed by atoms with Gasteiger partial charge in [0.25, 0.3) is 10.1 Å². The number of para-hydroxylation sites is 1. The van der Waals surface area contributed by atoms with Gasteiger partial charge in [-0.05, 0) is 25.0 Å². The van der Waals surface area contributed by atoms with E-state index in [1.54, 1.807) is 0 Å². The summed E-state index contributed by atoms with van der Waals surface area (Å²) in [6.07, 6.45) is 1.19. The number of hydrogen-bond acceptors (Lipinski definition) is 3. The first kappa shape index (κ1) is 15.9. The molecule has 0 spiro atoms. The summed E-state index contributed by atoms with van der Waals surface area (Å²) in [4.78, 5) is 0. The Bertz CT molecular complexity index is 386. The Morgan fingerprint density at radius 1 is 1.19 bits per heavy atom. The zero-order valence-corrected chi connectivity index (χ0v) is 12.2. The van der Waals surface area contributed by atoms with Crippen molar-refractivity contribution in [2.75, 3.05) is 17.6 Å². The molecule has 0 radical (unpaired) electrons. The molecule has 1 aromatic rings. The summed E-state index contributed by atoms with van der Waals surface area (Å²) < 4.78 is 29.3. The molecule has 0 saturated carbocycles. The van der Waals surface area contributed by atoms with E-state index in [9.17, 15) is 8.42 Å². The maximum absolute atomic E-state index is 10.4. The van der Waals surface area contributed by atoms with E-state index in [2.05, 4.69) is 5.32 Å². The van der Waals surface area contributed by atoms with Gasteiger partial charge < -0.3 is 6.74 Å². The van der Waals surface area contributed by atoms with Gasteiger partial charge >= 0.3 is 29.6 Å². The molecule has 6 heteroatoms. The number of unbranched alkanes of at least 4 members (excludes halogenated alkanes) is 1. The number of hydrogen-bond donors (Lipinski definition) is 2. The SMILES string of the molecule is O=S(=O)(O)CCCCNc1ccccc1.[H-].[Na+]. The third kappa shape index (κ3) is 8.13. The molecule has 0 saturated heterocycles. The van der Waals surface area contributed by atoms with Gasteiger partial charge in [0, 0.05) is 12.2 Å². The molecule has 0 unspecified atom stereocenters. The Balaban J connectivity index is 0. The van der Waals surface area contributed by atoms with E-state index >= 15 is 0 Å². The van der Waals surface area contributed by atoms with Crippen LogP contribution in [-0.2, 0) is 10.1 Å². The van der Waals surface area contributed by atoms with Crippen LogP contribution in [0.5, 0.6) is 0 Å². The van der Waals surface area contributed by atoms with Crippen molar-refractivity contribution in [3.05, 3.63) is 30.3 Å². The Morgan fingerprint density at radius 2 is 1.81 bits per heavy atom. The average molecular weight is 253 g/mol. The molecule has 2 N–H and O–H groups in total. The van der Waals surface area contributed by atoms with Gasteiger partial charge in [0.2, 0.25) is 0 Å². The second kappa shape index (κ2) is 8.08. The Morgan fingerprint density at radius 3 is 2.38 bits per heavy atom. The molecule has 0 aliphatic heterocycles. The van der Waals surface area contributed by atoms with Crippen LogP contribution in [-0.4, -0.2) is 25.3 Å². The third-order valence-electron chi connectivity index (χ3n) is 1.93. The number of rotatable bonds is 6. The van der Waals surface area contributed by atoms with Crippen molar-refractivity contribution in [2.24, 2.45) is 0 Å². The molecule has 0 amide bonds. The van der Waals surface area contributed by atoms with E-state index in [0.29, 0.717) is 19.4 Å². The predicted molar refractivity (Wildman–Crippen MR) is 61.7 cm³/mol. The fourth-order valence-electron chi connectivity index (χ4n) is 1.20. The normalized spacial score (nSPS) is 10.6. The van der Waals surface area contributed by atoms with E-state index in [1.165, 1.54) is 0 Å². The van der Waals surface area contributed by atoms with Gasteiger partial charge in [0.15, 0.2) is 0 Å². The molecule has 0 aromatic heterocycles. The van der Waals surface area contributed by atoms with E-state index in [-0.39, 0.29) is 36.7 Å². The summed E-state index contributed by atoms with van der Waals surface area (Å²) in [7, 11) is -3.80. The van der Waals surface area contributed by atoms with E-state index in [1.807, 2.05) is 30.3 Å². The molecular formula is C10H16NNaO3S. The molecule has 4 nitrogen and oxygen atoms in total. The molecule has 0 fully saturated rings. The maximum atomic E-state index is 10.4. The molecule has 0 aliphatic rings. The van der Waals surface area contributed by atoms with Crippen LogP contribution in [0.25, 0.3) is 0 Å². The summed E-state index contributed by atoms with van der Waals surface area (Å²) in [6, 6.07) is 9.69. The first-order chi connectivity index (χ1) is 7.08. The molecule has 0 bridgehead atoms. The summed E-state index contributed by atoms with van der Waals surface area (Å²) in [6.45, 7) is 0.708. The molecular weight excluding hydrogens is 237 g/mol. The van der Waals surface area contributed by atoms with Crippen molar-refractivity contribution in [1.29, 1.82) is 0 Å². The van der Waals surface area contributed by atoms with Crippen LogP contribution in [0.2, 0.25) is 0 Å². The molecule has 1 rings (SSSR count). The minimum Gasteiger partial charge on any atom is -1.00 e. The van der Waals surface area contributed by atoms with Crippen molar-refractivity contribution < 1.29 is 44.0 Å². The van der Waals surface area contributed by atoms with Crippen LogP contribution >= 0.6 is 0 Å². The largest absolute Gasteiger partial charge is 1.00 e. The summed E-state index contributed by atoms with van der Waals surface area (Å²) in [5, 5.41) is 3.15. The zero-order valence-electron chi connectivity index (χ0n) is 10.4. The van der Waals surface area contributed by atoms with Gasteiger partial charge in [0.1, 0.15) is 0 Å². The fourth-order valence-corrected chi connectivity index (χ4v) is 1.77. The molecule has 0 atom stereocenters. The van der Waals surface area contributed by atoms with Crippen molar-refractivity contribution >= 4 is 15.8 Å². The summed E-state index contributed by atoms with van der Waals surface area (Å²) >= 11 is 0. The number of anilines is 1. The van der Waals surface area contributed by atoms with Gasteiger partial charge in [-0.3, -0.25) is 4.55 Å². The van der Waals surface area contributed by atoms with Crippen LogP contribution in [0.1, 0.15) is 14.3 Å². The van der Waals surface area contributed by atoms with Crippen molar-refractivity contribution in [3.8, 4) is 0 Å². The second-order valence-corrected chi connectivity index (χ2v) is 4.86. The topological polar surface area (TPSA) is 66.4 Å². The van der Waals surface area contributed by atoms with Crippen LogP contribution in [0.15, 0.2) is 30.3 Å². The maximum Gasteiger partial charge on any atom is 1.00 e. The first-order valence-electron chi connectivity index (χ1n) is 4.82. The minimum absolute atomic E-state index is 0. The predicted octanol–water partition coefficient (Wildman–Crippen LogP) is -1.12. The minimum atomic E-state index is -3.80. The van der Waals surface area contributed by atoms with Crippen LogP contribution in [0, 0.1) is 0 Å². The molecule has 16 heavy (non-hydrogen) atoms. The second-order valence-electron chi connectivity index (χ2n) is 3.29. The summed E-state index contributed by atoms with van der Waals surface area (Å²) in [5.74, 6) is -0.163. The van der Waals surface area contributed by atoms with Gasteiger partial charge in [-0.2, -0.15) is 8.42 Å². The van der Waals surface area contributed by atoms with Crippen molar-refractivity contribution in [2.45, 2.75) is 12.8 Å². The average Bonchev–Trinajstić information content (AvgIpc) is 2.17. The van der Waals surface area contributed by atoms with Crippen molar-refractivity contribution in [3.63, 3.8) is 0 Å². The van der Waals surface area contributed by atoms with Crippen LogP contribution in [0.4, 0.5) is 5.69 Å². The van der Waals surface area contributed by atoms with E-state index < -0.39 is 10.1 Å². The van der Waals surface area contributed by atoms with Gasteiger partial charge in [0.05, 0.1) is 5.75 Å². The van der Waals surface area contributed by atoms with Gasteiger partial charge in [-0.1, -0.05) is 18.2 Å². The van der Waals surface area contributed by atoms with E-state index in [0.717, 1.165) is 5.69 Å². The van der Waals surface area contributed by atoms with Crippen LogP contribution in [0.3, 0.4) is 0 Å². The van der Waals surface area contributed by atoms with E-state index in [4.69, 9.17) is 4.55 Å². The van der Waals surface area contributed by atoms with Gasteiger partial charge in [-0.25, -0.2) is 0 Å². The number of benzene rings is 1. The van der Waals surface area contributed by atoms with Crippen LogP contribution < -0.4 is 34.9 Å². The fraction of sp³-hybridized carbons (Fsp3) is 0.400. The quantitative estimate of drug-likeness (QED) is 0.383. The third-order valence-corrected chi connectivity index (χ3v) is 2.74. The molecule has 0 aliphatic carbocycles. The Labute approximate surface area is 120 Å². The van der Waals surface area contributed by atoms with Crippen molar-refractivity contribution in [1.82, 2.24) is 0 Å². The summed E-state index contributed by atoms with van der Waals surface area (Å²) in [5.41, 5.74) is 1.02. The molecule has 0 heterocycles. The Kier molecular flexibility index (Phi) is 8.05. The Hall–Kier alpha value is -0.0700. The smallest absolute Gasteiger partial charge is 1.00 e. The monoisotopic (exact) mass is 253 g/mol. The molecule has 1 aromatic carbocycles.